The Morgan fingerprint density at radius 1 is 1.18 bits per heavy atom. The summed E-state index contributed by atoms with van der Waals surface area (Å²) in [5.41, 5.74) is 2.16. The van der Waals surface area contributed by atoms with Gasteiger partial charge >= 0.3 is 0 Å². The number of halogens is 3. The fraction of sp³-hybridized carbons (Fsp3) is 0.188. The third kappa shape index (κ3) is 4.90. The van der Waals surface area contributed by atoms with Gasteiger partial charge in [0.1, 0.15) is 5.82 Å². The smallest absolute Gasteiger partial charge is 0.234 e. The molecule has 6 heteroatoms. The van der Waals surface area contributed by atoms with Crippen LogP contribution < -0.4 is 5.32 Å². The van der Waals surface area contributed by atoms with Crippen molar-refractivity contribution < 1.29 is 9.18 Å². The number of anilines is 1. The van der Waals surface area contributed by atoms with Crippen LogP contribution >= 0.6 is 35.0 Å². The molecule has 0 aromatic heterocycles. The molecular weight excluding hydrogens is 344 g/mol. The molecule has 0 unspecified atom stereocenters. The van der Waals surface area contributed by atoms with E-state index >= 15 is 0 Å². The molecule has 0 saturated heterocycles. The van der Waals surface area contributed by atoms with Crippen LogP contribution in [0.15, 0.2) is 36.4 Å². The van der Waals surface area contributed by atoms with E-state index in [4.69, 9.17) is 23.2 Å². The zero-order valence-corrected chi connectivity index (χ0v) is 14.2. The normalized spacial score (nSPS) is 10.5. The Morgan fingerprint density at radius 2 is 1.86 bits per heavy atom. The fourth-order valence-electron chi connectivity index (χ4n) is 1.85. The Morgan fingerprint density at radius 3 is 2.55 bits per heavy atom. The SMILES string of the molecule is Cc1cc(Cl)ccc1NC(=O)CSCc1ccc(Cl)cc1F. The summed E-state index contributed by atoms with van der Waals surface area (Å²) in [5.74, 6) is 0.166. The molecule has 2 nitrogen and oxygen atoms in total. The molecule has 0 aliphatic carbocycles. The first kappa shape index (κ1) is 17.1. The second-order valence-corrected chi connectivity index (χ2v) is 6.59. The summed E-state index contributed by atoms with van der Waals surface area (Å²) >= 11 is 12.9. The Balaban J connectivity index is 1.85. The fourth-order valence-corrected chi connectivity index (χ4v) is 3.05. The predicted molar refractivity (Wildman–Crippen MR) is 92.4 cm³/mol. The van der Waals surface area contributed by atoms with Crippen LogP contribution in [0.5, 0.6) is 0 Å². The lowest BCUT2D eigenvalue weighted by Crippen LogP contribution is -2.15. The van der Waals surface area contributed by atoms with E-state index in [0.717, 1.165) is 11.3 Å². The summed E-state index contributed by atoms with van der Waals surface area (Å²) in [6.07, 6.45) is 0. The minimum atomic E-state index is -0.353. The minimum absolute atomic E-state index is 0.134. The molecule has 2 aromatic rings. The first-order chi connectivity index (χ1) is 10.5. The first-order valence-corrected chi connectivity index (χ1v) is 8.44. The van der Waals surface area contributed by atoms with Crippen molar-refractivity contribution >= 4 is 46.6 Å². The highest BCUT2D eigenvalue weighted by Gasteiger charge is 2.07. The summed E-state index contributed by atoms with van der Waals surface area (Å²) < 4.78 is 13.6. The molecule has 0 aliphatic heterocycles. The van der Waals surface area contributed by atoms with E-state index in [1.165, 1.54) is 17.8 Å². The zero-order valence-electron chi connectivity index (χ0n) is 11.8. The van der Waals surface area contributed by atoms with E-state index in [2.05, 4.69) is 5.32 Å². The van der Waals surface area contributed by atoms with Crippen LogP contribution in [0.3, 0.4) is 0 Å². The van der Waals surface area contributed by atoms with E-state index in [0.29, 0.717) is 21.4 Å². The van der Waals surface area contributed by atoms with Gasteiger partial charge in [-0.3, -0.25) is 4.79 Å². The lowest BCUT2D eigenvalue weighted by molar-refractivity contribution is -0.113. The molecule has 0 bridgehead atoms. The molecule has 1 amide bonds. The van der Waals surface area contributed by atoms with Crippen LogP contribution in [0.2, 0.25) is 10.0 Å². The first-order valence-electron chi connectivity index (χ1n) is 6.53. The van der Waals surface area contributed by atoms with Gasteiger partial charge < -0.3 is 5.32 Å². The van der Waals surface area contributed by atoms with Crippen molar-refractivity contribution in [3.63, 3.8) is 0 Å². The van der Waals surface area contributed by atoms with E-state index in [1.807, 2.05) is 6.92 Å². The quantitative estimate of drug-likeness (QED) is 0.785. The average molecular weight is 358 g/mol. The molecule has 0 aliphatic rings. The largest absolute Gasteiger partial charge is 0.325 e. The Kier molecular flexibility index (Phi) is 6.12. The Labute approximate surface area is 143 Å². The number of hydrogen-bond acceptors (Lipinski definition) is 2. The van der Waals surface area contributed by atoms with Gasteiger partial charge in [0.2, 0.25) is 5.91 Å². The van der Waals surface area contributed by atoms with Crippen LogP contribution in [0, 0.1) is 12.7 Å². The van der Waals surface area contributed by atoms with Crippen molar-refractivity contribution in [3.05, 3.63) is 63.4 Å². The van der Waals surface area contributed by atoms with Crippen molar-refractivity contribution in [1.82, 2.24) is 0 Å². The topological polar surface area (TPSA) is 29.1 Å². The minimum Gasteiger partial charge on any atom is -0.325 e. The summed E-state index contributed by atoms with van der Waals surface area (Å²) in [7, 11) is 0. The van der Waals surface area contributed by atoms with Crippen LogP contribution in [-0.4, -0.2) is 11.7 Å². The predicted octanol–water partition coefficient (Wildman–Crippen LogP) is 5.31. The number of thioether (sulfide) groups is 1. The Hall–Kier alpha value is -1.23. The number of nitrogens with one attached hydrogen (secondary N) is 1. The molecule has 2 rings (SSSR count). The monoisotopic (exact) mass is 357 g/mol. The van der Waals surface area contributed by atoms with Crippen LogP contribution in [-0.2, 0) is 10.5 Å². The number of carbonyl (C=O) groups excluding carboxylic acids is 1. The highest BCUT2D eigenvalue weighted by atomic mass is 35.5. The van der Waals surface area contributed by atoms with E-state index in [9.17, 15) is 9.18 Å². The summed E-state index contributed by atoms with van der Waals surface area (Å²) in [6, 6.07) is 9.81. The van der Waals surface area contributed by atoms with Gasteiger partial charge in [0.15, 0.2) is 0 Å². The van der Waals surface area contributed by atoms with Gasteiger partial charge in [-0.05, 0) is 48.4 Å². The molecule has 0 fully saturated rings. The number of rotatable bonds is 5. The summed E-state index contributed by atoms with van der Waals surface area (Å²) in [5, 5.41) is 3.81. The maximum Gasteiger partial charge on any atom is 0.234 e. The van der Waals surface area contributed by atoms with Crippen molar-refractivity contribution in [1.29, 1.82) is 0 Å². The average Bonchev–Trinajstić information content (AvgIpc) is 2.44. The van der Waals surface area contributed by atoms with Gasteiger partial charge in [0.25, 0.3) is 0 Å². The second kappa shape index (κ2) is 7.86. The standard InChI is InChI=1S/C16H14Cl2FNOS/c1-10-6-12(17)4-5-15(10)20-16(21)9-22-8-11-2-3-13(18)7-14(11)19/h2-7H,8-9H2,1H3,(H,20,21). The zero-order chi connectivity index (χ0) is 16.1. The summed E-state index contributed by atoms with van der Waals surface area (Å²) in [4.78, 5) is 11.9. The maximum absolute atomic E-state index is 13.6. The van der Waals surface area contributed by atoms with Gasteiger partial charge in [-0.15, -0.1) is 11.8 Å². The molecule has 2 aromatic carbocycles. The number of benzene rings is 2. The van der Waals surface area contributed by atoms with E-state index in [-0.39, 0.29) is 17.5 Å². The highest BCUT2D eigenvalue weighted by molar-refractivity contribution is 7.99. The van der Waals surface area contributed by atoms with Gasteiger partial charge in [-0.25, -0.2) is 4.39 Å². The van der Waals surface area contributed by atoms with Crippen molar-refractivity contribution in [2.24, 2.45) is 0 Å². The lowest BCUT2D eigenvalue weighted by atomic mass is 10.2. The molecule has 0 saturated carbocycles. The van der Waals surface area contributed by atoms with E-state index in [1.54, 1.807) is 30.3 Å². The number of amides is 1. The van der Waals surface area contributed by atoms with Gasteiger partial charge in [-0.1, -0.05) is 29.3 Å². The van der Waals surface area contributed by atoms with Gasteiger partial charge in [0.05, 0.1) is 5.75 Å². The number of carbonyl (C=O) groups is 1. The number of aryl methyl sites for hydroxylation is 1. The molecule has 116 valence electrons. The molecule has 0 spiro atoms. The van der Waals surface area contributed by atoms with Crippen LogP contribution in [0.1, 0.15) is 11.1 Å². The molecule has 0 radical (unpaired) electrons. The second-order valence-electron chi connectivity index (χ2n) is 4.74. The molecular formula is C16H14Cl2FNOS. The lowest BCUT2D eigenvalue weighted by Gasteiger charge is -2.09. The summed E-state index contributed by atoms with van der Waals surface area (Å²) in [6.45, 7) is 1.87. The highest BCUT2D eigenvalue weighted by Crippen LogP contribution is 2.21. The molecule has 0 atom stereocenters. The third-order valence-corrected chi connectivity index (χ3v) is 4.42. The van der Waals surface area contributed by atoms with E-state index < -0.39 is 0 Å². The third-order valence-electron chi connectivity index (χ3n) is 2.97. The number of hydrogen-bond donors (Lipinski definition) is 1. The molecule has 1 N–H and O–H groups in total. The maximum atomic E-state index is 13.6. The Bertz CT molecular complexity index is 694. The van der Waals surface area contributed by atoms with Crippen molar-refractivity contribution in [2.75, 3.05) is 11.1 Å². The van der Waals surface area contributed by atoms with Crippen molar-refractivity contribution in [2.45, 2.75) is 12.7 Å². The van der Waals surface area contributed by atoms with Gasteiger partial charge in [0, 0.05) is 21.5 Å². The van der Waals surface area contributed by atoms with Crippen LogP contribution in [0.4, 0.5) is 10.1 Å². The van der Waals surface area contributed by atoms with Crippen LogP contribution in [0.25, 0.3) is 0 Å². The molecule has 0 heterocycles. The van der Waals surface area contributed by atoms with Crippen molar-refractivity contribution in [3.8, 4) is 0 Å². The molecule has 22 heavy (non-hydrogen) atoms. The van der Waals surface area contributed by atoms with Gasteiger partial charge in [-0.2, -0.15) is 0 Å².